The zero-order valence-electron chi connectivity index (χ0n) is 19.3. The largest absolute Gasteiger partial charge is 0.465 e. The van der Waals surface area contributed by atoms with Crippen molar-refractivity contribution in [1.82, 2.24) is 20.9 Å². The molecule has 1 aromatic heterocycles. The highest BCUT2D eigenvalue weighted by Crippen LogP contribution is 2.19. The van der Waals surface area contributed by atoms with Crippen molar-refractivity contribution >= 4 is 34.8 Å². The molecule has 0 bridgehead atoms. The topological polar surface area (TPSA) is 139 Å². The van der Waals surface area contributed by atoms with Crippen LogP contribution >= 0.6 is 0 Å². The van der Waals surface area contributed by atoms with Gasteiger partial charge in [0.1, 0.15) is 19.2 Å². The fourth-order valence-corrected chi connectivity index (χ4v) is 3.37. The lowest BCUT2D eigenvalue weighted by Crippen LogP contribution is -2.50. The number of carbonyl (C=O) groups is 4. The molecule has 2 aromatic carbocycles. The number of esters is 1. The minimum Gasteiger partial charge on any atom is -0.465 e. The first-order chi connectivity index (χ1) is 17.0. The molecular formula is C25H28N4O6. The van der Waals surface area contributed by atoms with Crippen LogP contribution in [0.2, 0.25) is 0 Å². The van der Waals surface area contributed by atoms with E-state index in [4.69, 9.17) is 9.47 Å². The number of fused-ring (bicyclic) bond motifs is 1. The summed E-state index contributed by atoms with van der Waals surface area (Å²) in [5.74, 6) is -1.71. The predicted molar refractivity (Wildman–Crippen MR) is 128 cm³/mol. The van der Waals surface area contributed by atoms with E-state index >= 15 is 0 Å². The average Bonchev–Trinajstić information content (AvgIpc) is 3.28. The lowest BCUT2D eigenvalue weighted by atomic mass is 10.0. The highest BCUT2D eigenvalue weighted by atomic mass is 16.5. The number of hydrogen-bond donors (Lipinski definition) is 4. The molecule has 3 amide bonds. The number of benzene rings is 2. The summed E-state index contributed by atoms with van der Waals surface area (Å²) < 4.78 is 10.0. The van der Waals surface area contributed by atoms with Crippen molar-refractivity contribution in [3.63, 3.8) is 0 Å². The second-order valence-corrected chi connectivity index (χ2v) is 7.62. The Hall–Kier alpha value is -4.34. The lowest BCUT2D eigenvalue weighted by Gasteiger charge is -2.18. The van der Waals surface area contributed by atoms with Crippen molar-refractivity contribution in [3.8, 4) is 0 Å². The van der Waals surface area contributed by atoms with Gasteiger partial charge in [0.25, 0.3) is 0 Å². The first kappa shape index (κ1) is 25.3. The van der Waals surface area contributed by atoms with Gasteiger partial charge in [-0.3, -0.25) is 14.4 Å². The van der Waals surface area contributed by atoms with Crippen LogP contribution in [-0.4, -0.2) is 54.6 Å². The average molecular weight is 481 g/mol. The second-order valence-electron chi connectivity index (χ2n) is 7.62. The zero-order valence-corrected chi connectivity index (χ0v) is 19.3. The number of nitrogens with one attached hydrogen (secondary N) is 4. The molecule has 35 heavy (non-hydrogen) atoms. The van der Waals surface area contributed by atoms with E-state index in [9.17, 15) is 19.2 Å². The van der Waals surface area contributed by atoms with Crippen LogP contribution in [0.3, 0.4) is 0 Å². The Balaban J connectivity index is 1.62. The van der Waals surface area contributed by atoms with E-state index in [0.717, 1.165) is 22.0 Å². The van der Waals surface area contributed by atoms with Crippen LogP contribution in [0.1, 0.15) is 18.1 Å². The van der Waals surface area contributed by atoms with E-state index in [2.05, 4.69) is 20.9 Å². The molecule has 0 spiro atoms. The van der Waals surface area contributed by atoms with Crippen molar-refractivity contribution < 1.29 is 28.7 Å². The van der Waals surface area contributed by atoms with Gasteiger partial charge in [0.05, 0.1) is 13.2 Å². The Bertz CT molecular complexity index is 1160. The van der Waals surface area contributed by atoms with Gasteiger partial charge < -0.3 is 30.4 Å². The molecule has 10 nitrogen and oxygen atoms in total. The Kier molecular flexibility index (Phi) is 9.23. The molecule has 0 aliphatic heterocycles. The van der Waals surface area contributed by atoms with Gasteiger partial charge in [0.15, 0.2) is 0 Å². The van der Waals surface area contributed by atoms with E-state index in [1.807, 2.05) is 54.6 Å². The van der Waals surface area contributed by atoms with Gasteiger partial charge >= 0.3 is 12.1 Å². The molecule has 4 N–H and O–H groups in total. The number of rotatable bonds is 11. The number of hydrogen-bond acceptors (Lipinski definition) is 6. The van der Waals surface area contributed by atoms with Crippen LogP contribution in [0.25, 0.3) is 10.9 Å². The van der Waals surface area contributed by atoms with E-state index in [1.165, 1.54) is 0 Å². The minimum atomic E-state index is -1.00. The van der Waals surface area contributed by atoms with Gasteiger partial charge in [-0.25, -0.2) is 4.79 Å². The van der Waals surface area contributed by atoms with E-state index < -0.39 is 29.9 Å². The Morgan fingerprint density at radius 2 is 1.66 bits per heavy atom. The van der Waals surface area contributed by atoms with Gasteiger partial charge in [-0.1, -0.05) is 48.5 Å². The number of para-hydroxylation sites is 1. The van der Waals surface area contributed by atoms with Gasteiger partial charge in [0.2, 0.25) is 11.8 Å². The van der Waals surface area contributed by atoms with Gasteiger partial charge in [-0.15, -0.1) is 0 Å². The molecule has 1 unspecified atom stereocenters. The number of H-pyrrole nitrogens is 1. The smallest absolute Gasteiger partial charge is 0.408 e. The van der Waals surface area contributed by atoms with E-state index in [0.29, 0.717) is 0 Å². The first-order valence-corrected chi connectivity index (χ1v) is 11.2. The summed E-state index contributed by atoms with van der Waals surface area (Å²) in [4.78, 5) is 51.9. The number of carbonyl (C=O) groups excluding carboxylic acids is 4. The third-order valence-corrected chi connectivity index (χ3v) is 5.08. The van der Waals surface area contributed by atoms with Crippen LogP contribution in [0.4, 0.5) is 4.79 Å². The van der Waals surface area contributed by atoms with Crippen LogP contribution in [-0.2, 0) is 36.9 Å². The highest BCUT2D eigenvalue weighted by Gasteiger charge is 2.24. The maximum Gasteiger partial charge on any atom is 0.408 e. The fraction of sp³-hybridized carbons (Fsp3) is 0.280. The molecule has 3 rings (SSSR count). The van der Waals surface area contributed by atoms with Gasteiger partial charge in [-0.05, 0) is 24.1 Å². The highest BCUT2D eigenvalue weighted by molar-refractivity contribution is 5.91. The molecule has 0 radical (unpaired) electrons. The number of aromatic nitrogens is 1. The SMILES string of the molecule is CCOC(=O)CNC(=O)CNC(=O)C(Cc1c[nH]c2ccccc12)NC(=O)OCc1ccccc1. The normalized spacial score (nSPS) is 11.3. The van der Waals surface area contributed by atoms with Crippen LogP contribution in [0.5, 0.6) is 0 Å². The van der Waals surface area contributed by atoms with Crippen molar-refractivity contribution in [2.75, 3.05) is 19.7 Å². The molecule has 0 saturated carbocycles. The summed E-state index contributed by atoms with van der Waals surface area (Å²) in [6, 6.07) is 15.7. The van der Waals surface area contributed by atoms with Crippen LogP contribution < -0.4 is 16.0 Å². The quantitative estimate of drug-likeness (QED) is 0.309. The monoisotopic (exact) mass is 480 g/mol. The summed E-state index contributed by atoms with van der Waals surface area (Å²) in [7, 11) is 0. The van der Waals surface area contributed by atoms with Crippen molar-refractivity contribution in [1.29, 1.82) is 0 Å². The first-order valence-electron chi connectivity index (χ1n) is 11.2. The third kappa shape index (κ3) is 7.88. The summed E-state index contributed by atoms with van der Waals surface area (Å²) >= 11 is 0. The van der Waals surface area contributed by atoms with Crippen molar-refractivity contribution in [3.05, 3.63) is 71.9 Å². The summed E-state index contributed by atoms with van der Waals surface area (Å²) in [6.45, 7) is 1.23. The van der Waals surface area contributed by atoms with E-state index in [-0.39, 0.29) is 32.7 Å². The van der Waals surface area contributed by atoms with Crippen LogP contribution in [0, 0.1) is 0 Å². The molecule has 184 valence electrons. The number of aromatic amines is 1. The summed E-state index contributed by atoms with van der Waals surface area (Å²) in [5, 5.41) is 8.36. The third-order valence-electron chi connectivity index (χ3n) is 5.08. The molecule has 10 heteroatoms. The molecule has 0 fully saturated rings. The summed E-state index contributed by atoms with van der Waals surface area (Å²) in [6.07, 6.45) is 1.18. The molecule has 1 heterocycles. The standard InChI is InChI=1S/C25H28N4O6/c1-2-34-23(31)15-27-22(30)14-28-24(32)21(12-18-13-26-20-11-7-6-10-19(18)20)29-25(33)35-16-17-8-4-3-5-9-17/h3-11,13,21,26H,2,12,14-16H2,1H3,(H,27,30)(H,28,32)(H,29,33). The number of ether oxygens (including phenoxy) is 2. The number of amides is 3. The molecule has 0 aliphatic carbocycles. The zero-order chi connectivity index (χ0) is 25.0. The maximum atomic E-state index is 12.9. The van der Waals surface area contributed by atoms with Crippen molar-refractivity contribution in [2.45, 2.75) is 26.0 Å². The Labute approximate surface area is 202 Å². The second kappa shape index (κ2) is 12.8. The molecule has 0 saturated heterocycles. The van der Waals surface area contributed by atoms with E-state index in [1.54, 1.807) is 13.1 Å². The minimum absolute atomic E-state index is 0.0460. The molecule has 1 atom stereocenters. The maximum absolute atomic E-state index is 12.9. The van der Waals surface area contributed by atoms with Crippen LogP contribution in [0.15, 0.2) is 60.8 Å². The predicted octanol–water partition coefficient (Wildman–Crippen LogP) is 1.80. The Morgan fingerprint density at radius 3 is 2.43 bits per heavy atom. The molecule has 0 aliphatic rings. The van der Waals surface area contributed by atoms with Crippen molar-refractivity contribution in [2.24, 2.45) is 0 Å². The lowest BCUT2D eigenvalue weighted by molar-refractivity contribution is -0.143. The fourth-order valence-electron chi connectivity index (χ4n) is 3.37. The molecular weight excluding hydrogens is 452 g/mol. The van der Waals surface area contributed by atoms with Gasteiger partial charge in [0, 0.05) is 23.5 Å². The number of alkyl carbamates (subject to hydrolysis) is 1. The summed E-state index contributed by atoms with van der Waals surface area (Å²) in [5.41, 5.74) is 2.51. The van der Waals surface area contributed by atoms with Gasteiger partial charge in [-0.2, -0.15) is 0 Å². The molecule has 3 aromatic rings. The Morgan fingerprint density at radius 1 is 0.914 bits per heavy atom.